The molecule has 0 aromatic heterocycles. The first-order chi connectivity index (χ1) is 7.56. The molecule has 0 saturated carbocycles. The molecule has 0 atom stereocenters. The molecule has 1 aromatic carbocycles. The standard InChI is InChI=1S/C10H10ClNO4/c1-16-5-8(13)12-9-6(10(14)15)3-2-4-7(9)11/h2-4H,5H2,1H3,(H,12,13)(H,14,15). The zero-order valence-corrected chi connectivity index (χ0v) is 9.25. The molecule has 0 aliphatic heterocycles. The third kappa shape index (κ3) is 2.95. The van der Waals surface area contributed by atoms with E-state index in [-0.39, 0.29) is 22.9 Å². The lowest BCUT2D eigenvalue weighted by atomic mass is 10.2. The maximum atomic E-state index is 11.3. The van der Waals surface area contributed by atoms with E-state index >= 15 is 0 Å². The van der Waals surface area contributed by atoms with Crippen molar-refractivity contribution in [3.63, 3.8) is 0 Å². The molecular formula is C10H10ClNO4. The summed E-state index contributed by atoms with van der Waals surface area (Å²) < 4.78 is 4.61. The van der Waals surface area contributed by atoms with Crippen LogP contribution in [0.25, 0.3) is 0 Å². The molecule has 0 fully saturated rings. The van der Waals surface area contributed by atoms with E-state index in [0.717, 1.165) is 0 Å². The van der Waals surface area contributed by atoms with E-state index in [1.807, 2.05) is 0 Å². The van der Waals surface area contributed by atoms with Gasteiger partial charge in [0.25, 0.3) is 0 Å². The van der Waals surface area contributed by atoms with E-state index in [4.69, 9.17) is 16.7 Å². The van der Waals surface area contributed by atoms with Gasteiger partial charge in [0.1, 0.15) is 6.61 Å². The third-order valence-electron chi connectivity index (χ3n) is 1.78. The molecule has 2 N–H and O–H groups in total. The smallest absolute Gasteiger partial charge is 0.337 e. The van der Waals surface area contributed by atoms with Crippen molar-refractivity contribution in [1.29, 1.82) is 0 Å². The number of aromatic carboxylic acids is 1. The highest BCUT2D eigenvalue weighted by Crippen LogP contribution is 2.25. The van der Waals surface area contributed by atoms with Gasteiger partial charge in [0.15, 0.2) is 0 Å². The fraction of sp³-hybridized carbons (Fsp3) is 0.200. The van der Waals surface area contributed by atoms with E-state index in [1.165, 1.54) is 25.3 Å². The quantitative estimate of drug-likeness (QED) is 0.843. The Labute approximate surface area is 97.0 Å². The van der Waals surface area contributed by atoms with E-state index in [1.54, 1.807) is 0 Å². The fourth-order valence-corrected chi connectivity index (χ4v) is 1.36. The van der Waals surface area contributed by atoms with Crippen LogP contribution in [0.2, 0.25) is 5.02 Å². The number of carboxylic acids is 1. The Kier molecular flexibility index (Phi) is 4.28. The fourth-order valence-electron chi connectivity index (χ4n) is 1.14. The van der Waals surface area contributed by atoms with Gasteiger partial charge in [-0.05, 0) is 12.1 Å². The SMILES string of the molecule is COCC(=O)Nc1c(Cl)cccc1C(=O)O. The van der Waals surface area contributed by atoms with Crippen LogP contribution < -0.4 is 5.32 Å². The van der Waals surface area contributed by atoms with Crippen LogP contribution in [0.1, 0.15) is 10.4 Å². The van der Waals surface area contributed by atoms with Gasteiger partial charge in [0.2, 0.25) is 5.91 Å². The molecule has 1 amide bonds. The number of para-hydroxylation sites is 1. The number of nitrogens with one attached hydrogen (secondary N) is 1. The van der Waals surface area contributed by atoms with Crippen molar-refractivity contribution < 1.29 is 19.4 Å². The Morgan fingerprint density at radius 3 is 2.75 bits per heavy atom. The summed E-state index contributed by atoms with van der Waals surface area (Å²) in [5, 5.41) is 11.4. The minimum absolute atomic E-state index is 0.0584. The van der Waals surface area contributed by atoms with Gasteiger partial charge in [-0.2, -0.15) is 0 Å². The Morgan fingerprint density at radius 1 is 1.50 bits per heavy atom. The third-order valence-corrected chi connectivity index (χ3v) is 2.10. The van der Waals surface area contributed by atoms with Gasteiger partial charge >= 0.3 is 5.97 Å². The molecule has 0 unspecified atom stereocenters. The van der Waals surface area contributed by atoms with Gasteiger partial charge in [-0.25, -0.2) is 4.79 Å². The maximum Gasteiger partial charge on any atom is 0.337 e. The number of carboxylic acid groups (broad SMARTS) is 1. The Morgan fingerprint density at radius 2 is 2.19 bits per heavy atom. The zero-order valence-electron chi connectivity index (χ0n) is 8.49. The van der Waals surface area contributed by atoms with Crippen molar-refractivity contribution in [3.05, 3.63) is 28.8 Å². The van der Waals surface area contributed by atoms with Gasteiger partial charge < -0.3 is 15.2 Å². The second-order valence-corrected chi connectivity index (χ2v) is 3.36. The summed E-state index contributed by atoms with van der Waals surface area (Å²) in [4.78, 5) is 22.1. The first-order valence-corrected chi connectivity index (χ1v) is 4.74. The summed E-state index contributed by atoms with van der Waals surface area (Å²) >= 11 is 5.80. The van der Waals surface area contributed by atoms with Gasteiger partial charge in [-0.1, -0.05) is 17.7 Å². The second-order valence-electron chi connectivity index (χ2n) is 2.95. The summed E-state index contributed by atoms with van der Waals surface area (Å²) in [5.41, 5.74) is 0.0238. The van der Waals surface area contributed by atoms with Crippen molar-refractivity contribution in [3.8, 4) is 0 Å². The van der Waals surface area contributed by atoms with Crippen LogP contribution in [0.15, 0.2) is 18.2 Å². The number of benzene rings is 1. The average Bonchev–Trinajstić information content (AvgIpc) is 2.21. The van der Waals surface area contributed by atoms with Crippen LogP contribution in [0, 0.1) is 0 Å². The molecule has 5 nitrogen and oxygen atoms in total. The molecule has 1 rings (SSSR count). The van der Waals surface area contributed by atoms with Crippen LogP contribution in [0.5, 0.6) is 0 Å². The number of anilines is 1. The second kappa shape index (κ2) is 5.48. The first kappa shape index (κ1) is 12.5. The minimum atomic E-state index is -1.16. The van der Waals surface area contributed by atoms with Crippen molar-refractivity contribution >= 4 is 29.2 Å². The number of ether oxygens (including phenoxy) is 1. The molecular weight excluding hydrogens is 234 g/mol. The summed E-state index contributed by atoms with van der Waals surface area (Å²) in [6.45, 7) is -0.162. The topological polar surface area (TPSA) is 75.6 Å². The lowest BCUT2D eigenvalue weighted by Gasteiger charge is -2.09. The molecule has 0 aliphatic carbocycles. The van der Waals surface area contributed by atoms with Crippen molar-refractivity contribution in [2.45, 2.75) is 0 Å². The van der Waals surface area contributed by atoms with E-state index in [9.17, 15) is 9.59 Å². The molecule has 1 aromatic rings. The number of hydrogen-bond acceptors (Lipinski definition) is 3. The number of rotatable bonds is 4. The monoisotopic (exact) mass is 243 g/mol. The number of halogens is 1. The minimum Gasteiger partial charge on any atom is -0.478 e. The molecule has 0 radical (unpaired) electrons. The lowest BCUT2D eigenvalue weighted by molar-refractivity contribution is -0.119. The maximum absolute atomic E-state index is 11.3. The lowest BCUT2D eigenvalue weighted by Crippen LogP contribution is -2.19. The van der Waals surface area contributed by atoms with Gasteiger partial charge in [-0.3, -0.25) is 4.79 Å². The Balaban J connectivity index is 3.01. The van der Waals surface area contributed by atoms with Crippen LogP contribution >= 0.6 is 11.6 Å². The molecule has 0 aliphatic rings. The Bertz CT molecular complexity index is 419. The highest BCUT2D eigenvalue weighted by molar-refractivity contribution is 6.34. The van der Waals surface area contributed by atoms with Crippen LogP contribution in [-0.4, -0.2) is 30.7 Å². The van der Waals surface area contributed by atoms with Crippen molar-refractivity contribution in [2.75, 3.05) is 19.0 Å². The molecule has 6 heteroatoms. The summed E-state index contributed by atoms with van der Waals surface area (Å²) in [7, 11) is 1.37. The highest BCUT2D eigenvalue weighted by atomic mass is 35.5. The van der Waals surface area contributed by atoms with E-state index in [2.05, 4.69) is 10.1 Å². The number of hydrogen-bond donors (Lipinski definition) is 2. The summed E-state index contributed by atoms with van der Waals surface area (Å²) in [6.07, 6.45) is 0. The van der Waals surface area contributed by atoms with Crippen molar-refractivity contribution in [2.24, 2.45) is 0 Å². The number of methoxy groups -OCH3 is 1. The molecule has 0 heterocycles. The summed E-state index contributed by atoms with van der Waals surface area (Å²) in [6, 6.07) is 4.35. The summed E-state index contributed by atoms with van der Waals surface area (Å²) in [5.74, 6) is -1.62. The predicted molar refractivity (Wildman–Crippen MR) is 58.9 cm³/mol. The van der Waals surface area contributed by atoms with E-state index < -0.39 is 11.9 Å². The van der Waals surface area contributed by atoms with E-state index in [0.29, 0.717) is 0 Å². The molecule has 0 spiro atoms. The number of amides is 1. The first-order valence-electron chi connectivity index (χ1n) is 4.37. The normalized spacial score (nSPS) is 9.88. The number of carbonyl (C=O) groups is 2. The van der Waals surface area contributed by atoms with Crippen LogP contribution in [0.3, 0.4) is 0 Å². The van der Waals surface area contributed by atoms with Crippen LogP contribution in [-0.2, 0) is 9.53 Å². The predicted octanol–water partition coefficient (Wildman–Crippen LogP) is 1.62. The molecule has 86 valence electrons. The highest BCUT2D eigenvalue weighted by Gasteiger charge is 2.15. The average molecular weight is 244 g/mol. The molecule has 0 bridgehead atoms. The zero-order chi connectivity index (χ0) is 12.1. The van der Waals surface area contributed by atoms with Gasteiger partial charge in [0, 0.05) is 7.11 Å². The van der Waals surface area contributed by atoms with Gasteiger partial charge in [-0.15, -0.1) is 0 Å². The molecule has 16 heavy (non-hydrogen) atoms. The number of carbonyl (C=O) groups excluding carboxylic acids is 1. The van der Waals surface area contributed by atoms with Crippen molar-refractivity contribution in [1.82, 2.24) is 0 Å². The van der Waals surface area contributed by atoms with Gasteiger partial charge in [0.05, 0.1) is 16.3 Å². The molecule has 0 saturated heterocycles. The van der Waals surface area contributed by atoms with Crippen LogP contribution in [0.4, 0.5) is 5.69 Å². The Hall–Kier alpha value is -1.59. The largest absolute Gasteiger partial charge is 0.478 e.